The number of hydrogen-bond donors (Lipinski definition) is 1. The molecular weight excluding hydrogens is 223 g/mol. The molecule has 1 unspecified atom stereocenters. The van der Waals surface area contributed by atoms with Gasteiger partial charge in [0.1, 0.15) is 5.82 Å². The third-order valence-electron chi connectivity index (χ3n) is 2.51. The maximum absolute atomic E-state index is 13.3. The maximum Gasteiger partial charge on any atom is 0.305 e. The van der Waals surface area contributed by atoms with Gasteiger partial charge in [0.15, 0.2) is 0 Å². The number of ether oxygens (including phenoxy) is 1. The Hall–Kier alpha value is -1.42. The number of benzene rings is 1. The first-order valence-corrected chi connectivity index (χ1v) is 5.64. The van der Waals surface area contributed by atoms with Crippen LogP contribution in [0.25, 0.3) is 0 Å². The van der Waals surface area contributed by atoms with E-state index in [1.165, 1.54) is 6.07 Å². The Kier molecular flexibility index (Phi) is 5.10. The zero-order valence-corrected chi connectivity index (χ0v) is 10.1. The van der Waals surface area contributed by atoms with Gasteiger partial charge in [0, 0.05) is 6.42 Å². The number of aliphatic hydroxyl groups is 1. The number of carbonyl (C=O) groups excluding carboxylic acids is 1. The molecule has 1 aromatic carbocycles. The molecule has 94 valence electrons. The first-order valence-electron chi connectivity index (χ1n) is 5.64. The van der Waals surface area contributed by atoms with Gasteiger partial charge in [-0.05, 0) is 37.5 Å². The van der Waals surface area contributed by atoms with Gasteiger partial charge in [0.25, 0.3) is 0 Å². The summed E-state index contributed by atoms with van der Waals surface area (Å²) in [6.07, 6.45) is -0.472. The molecule has 3 nitrogen and oxygen atoms in total. The van der Waals surface area contributed by atoms with Crippen molar-refractivity contribution in [2.24, 2.45) is 0 Å². The van der Waals surface area contributed by atoms with E-state index in [-0.39, 0.29) is 24.6 Å². The molecule has 0 spiro atoms. The van der Waals surface area contributed by atoms with Crippen LogP contribution in [0.5, 0.6) is 0 Å². The Morgan fingerprint density at radius 3 is 2.82 bits per heavy atom. The summed E-state index contributed by atoms with van der Waals surface area (Å²) in [7, 11) is 0. The van der Waals surface area contributed by atoms with E-state index in [2.05, 4.69) is 0 Å². The molecule has 0 heterocycles. The lowest BCUT2D eigenvalue weighted by atomic mass is 10.0. The van der Waals surface area contributed by atoms with E-state index in [4.69, 9.17) is 4.74 Å². The summed E-state index contributed by atoms with van der Waals surface area (Å²) in [5, 5.41) is 9.78. The summed E-state index contributed by atoms with van der Waals surface area (Å²) in [5.41, 5.74) is 1.02. The quantitative estimate of drug-likeness (QED) is 0.804. The largest absolute Gasteiger partial charge is 0.466 e. The van der Waals surface area contributed by atoms with Gasteiger partial charge in [0.05, 0.1) is 12.7 Å². The van der Waals surface area contributed by atoms with Crippen LogP contribution in [-0.4, -0.2) is 17.7 Å². The second-order valence-corrected chi connectivity index (χ2v) is 3.87. The Morgan fingerprint density at radius 1 is 1.53 bits per heavy atom. The average Bonchev–Trinajstić information content (AvgIpc) is 2.30. The zero-order valence-electron chi connectivity index (χ0n) is 10.1. The van der Waals surface area contributed by atoms with Crippen molar-refractivity contribution in [3.05, 3.63) is 35.1 Å². The smallest absolute Gasteiger partial charge is 0.305 e. The average molecular weight is 240 g/mol. The van der Waals surface area contributed by atoms with E-state index in [9.17, 15) is 14.3 Å². The first kappa shape index (κ1) is 13.6. The highest BCUT2D eigenvalue weighted by Gasteiger charge is 2.12. The van der Waals surface area contributed by atoms with Crippen LogP contribution in [0, 0.1) is 12.7 Å². The fourth-order valence-electron chi connectivity index (χ4n) is 1.47. The van der Waals surface area contributed by atoms with Gasteiger partial charge in [-0.2, -0.15) is 0 Å². The highest BCUT2D eigenvalue weighted by Crippen LogP contribution is 2.20. The molecule has 0 radical (unpaired) electrons. The molecule has 0 saturated heterocycles. The number of aliphatic hydroxyl groups excluding tert-OH is 1. The van der Waals surface area contributed by atoms with Crippen LogP contribution in [0.4, 0.5) is 4.39 Å². The molecule has 0 fully saturated rings. The normalized spacial score (nSPS) is 12.2. The van der Waals surface area contributed by atoms with Crippen LogP contribution in [0.2, 0.25) is 0 Å². The van der Waals surface area contributed by atoms with Crippen LogP contribution < -0.4 is 0 Å². The summed E-state index contributed by atoms with van der Waals surface area (Å²) >= 11 is 0. The number of esters is 1. The third kappa shape index (κ3) is 4.15. The minimum Gasteiger partial charge on any atom is -0.466 e. The Morgan fingerprint density at radius 2 is 2.24 bits per heavy atom. The van der Waals surface area contributed by atoms with E-state index in [1.54, 1.807) is 26.0 Å². The highest BCUT2D eigenvalue weighted by molar-refractivity contribution is 5.69. The van der Waals surface area contributed by atoms with Gasteiger partial charge in [-0.25, -0.2) is 4.39 Å². The molecule has 1 N–H and O–H groups in total. The minimum atomic E-state index is -0.838. The van der Waals surface area contributed by atoms with Gasteiger partial charge >= 0.3 is 5.97 Å². The van der Waals surface area contributed by atoms with E-state index in [0.29, 0.717) is 17.7 Å². The Labute approximate surface area is 100 Å². The van der Waals surface area contributed by atoms with Crippen LogP contribution in [0.15, 0.2) is 18.2 Å². The molecule has 1 aromatic rings. The predicted molar refractivity (Wildman–Crippen MR) is 62.0 cm³/mol. The number of rotatable bonds is 5. The second kappa shape index (κ2) is 6.35. The SMILES string of the molecule is CCOC(=O)CCC(O)c1ccc(C)c(F)c1. The van der Waals surface area contributed by atoms with Crippen LogP contribution in [0.3, 0.4) is 0 Å². The van der Waals surface area contributed by atoms with Crippen molar-refractivity contribution >= 4 is 5.97 Å². The van der Waals surface area contributed by atoms with Crippen LogP contribution >= 0.6 is 0 Å². The molecule has 0 saturated carbocycles. The molecular formula is C13H17FO3. The van der Waals surface area contributed by atoms with Crippen LogP contribution in [-0.2, 0) is 9.53 Å². The lowest BCUT2D eigenvalue weighted by molar-refractivity contribution is -0.143. The summed E-state index contributed by atoms with van der Waals surface area (Å²) in [6, 6.07) is 4.57. The topological polar surface area (TPSA) is 46.5 Å². The van der Waals surface area contributed by atoms with Crippen molar-refractivity contribution in [1.29, 1.82) is 0 Å². The van der Waals surface area contributed by atoms with Crippen LogP contribution in [0.1, 0.15) is 37.0 Å². The maximum atomic E-state index is 13.3. The van der Waals surface area contributed by atoms with E-state index >= 15 is 0 Å². The van der Waals surface area contributed by atoms with Crippen molar-refractivity contribution in [3.8, 4) is 0 Å². The fourth-order valence-corrected chi connectivity index (χ4v) is 1.47. The van der Waals surface area contributed by atoms with Crippen molar-refractivity contribution in [2.45, 2.75) is 32.8 Å². The predicted octanol–water partition coefficient (Wildman–Crippen LogP) is 2.51. The number of halogens is 1. The van der Waals surface area contributed by atoms with Gasteiger partial charge < -0.3 is 9.84 Å². The molecule has 0 amide bonds. The number of hydrogen-bond acceptors (Lipinski definition) is 3. The van der Waals surface area contributed by atoms with E-state index in [0.717, 1.165) is 0 Å². The standard InChI is InChI=1S/C13H17FO3/c1-3-17-13(16)7-6-12(15)10-5-4-9(2)11(14)8-10/h4-5,8,12,15H,3,6-7H2,1-2H3. The highest BCUT2D eigenvalue weighted by atomic mass is 19.1. The molecule has 1 atom stereocenters. The van der Waals surface area contributed by atoms with Gasteiger partial charge in [-0.1, -0.05) is 12.1 Å². The van der Waals surface area contributed by atoms with Crippen molar-refractivity contribution in [1.82, 2.24) is 0 Å². The summed E-state index contributed by atoms with van der Waals surface area (Å²) in [4.78, 5) is 11.1. The molecule has 1 rings (SSSR count). The second-order valence-electron chi connectivity index (χ2n) is 3.87. The van der Waals surface area contributed by atoms with Crippen molar-refractivity contribution < 1.29 is 19.0 Å². The molecule has 4 heteroatoms. The lowest BCUT2D eigenvalue weighted by Gasteiger charge is -2.11. The number of carbonyl (C=O) groups is 1. The first-order chi connectivity index (χ1) is 8.04. The van der Waals surface area contributed by atoms with E-state index in [1.807, 2.05) is 0 Å². The zero-order chi connectivity index (χ0) is 12.8. The Bertz CT molecular complexity index is 390. The monoisotopic (exact) mass is 240 g/mol. The molecule has 0 aliphatic heterocycles. The molecule has 0 aromatic heterocycles. The van der Waals surface area contributed by atoms with Crippen molar-refractivity contribution in [2.75, 3.05) is 6.61 Å². The molecule has 0 aliphatic rings. The van der Waals surface area contributed by atoms with E-state index < -0.39 is 6.10 Å². The summed E-state index contributed by atoms with van der Waals surface area (Å²) in [5.74, 6) is -0.697. The van der Waals surface area contributed by atoms with Gasteiger partial charge in [0.2, 0.25) is 0 Å². The lowest BCUT2D eigenvalue weighted by Crippen LogP contribution is -2.07. The third-order valence-corrected chi connectivity index (χ3v) is 2.51. The molecule has 0 bridgehead atoms. The molecule has 0 aliphatic carbocycles. The Balaban J connectivity index is 2.54. The van der Waals surface area contributed by atoms with Crippen molar-refractivity contribution in [3.63, 3.8) is 0 Å². The molecule has 17 heavy (non-hydrogen) atoms. The van der Waals surface area contributed by atoms with Gasteiger partial charge in [-0.3, -0.25) is 4.79 Å². The summed E-state index contributed by atoms with van der Waals surface area (Å²) in [6.45, 7) is 3.71. The van der Waals surface area contributed by atoms with Gasteiger partial charge in [-0.15, -0.1) is 0 Å². The number of aryl methyl sites for hydroxylation is 1. The fraction of sp³-hybridized carbons (Fsp3) is 0.462. The minimum absolute atomic E-state index is 0.129. The summed E-state index contributed by atoms with van der Waals surface area (Å²) < 4.78 is 18.0.